The van der Waals surface area contributed by atoms with Crippen molar-refractivity contribution in [3.63, 3.8) is 0 Å². The number of benzene rings is 2. The number of amides is 1. The Hall–Kier alpha value is -3.02. The number of anilines is 2. The molecule has 0 aliphatic rings. The molecule has 2 aromatic rings. The monoisotopic (exact) mass is 312 g/mol. The number of guanidine groups is 1. The first-order chi connectivity index (χ1) is 11.1. The van der Waals surface area contributed by atoms with E-state index in [1.54, 1.807) is 7.11 Å². The number of carbonyl (C=O) groups is 1. The molecule has 0 fully saturated rings. The Balaban J connectivity index is 2.00. The summed E-state index contributed by atoms with van der Waals surface area (Å²) in [7, 11) is 1.61. The van der Waals surface area contributed by atoms with Crippen LogP contribution in [0.5, 0.6) is 5.75 Å². The minimum Gasteiger partial charge on any atom is -0.497 e. The Labute approximate surface area is 135 Å². The maximum absolute atomic E-state index is 11.1. The summed E-state index contributed by atoms with van der Waals surface area (Å²) >= 11 is 0. The van der Waals surface area contributed by atoms with Crippen molar-refractivity contribution in [3.05, 3.63) is 54.1 Å². The summed E-state index contributed by atoms with van der Waals surface area (Å²) in [6.45, 7) is 1.89. The third-order valence-electron chi connectivity index (χ3n) is 3.02. The van der Waals surface area contributed by atoms with E-state index in [4.69, 9.17) is 10.5 Å². The van der Waals surface area contributed by atoms with Gasteiger partial charge >= 0.3 is 0 Å². The van der Waals surface area contributed by atoms with Crippen LogP contribution in [-0.4, -0.2) is 19.0 Å². The van der Waals surface area contributed by atoms with Crippen LogP contribution in [0.4, 0.5) is 11.4 Å². The molecule has 6 nitrogen and oxygen atoms in total. The van der Waals surface area contributed by atoms with Gasteiger partial charge in [-0.1, -0.05) is 18.2 Å². The predicted molar refractivity (Wildman–Crippen MR) is 92.7 cm³/mol. The molecule has 0 bridgehead atoms. The lowest BCUT2D eigenvalue weighted by Crippen LogP contribution is -2.22. The summed E-state index contributed by atoms with van der Waals surface area (Å²) in [5.74, 6) is 0.943. The van der Waals surface area contributed by atoms with Gasteiger partial charge in [-0.15, -0.1) is 0 Å². The van der Waals surface area contributed by atoms with Crippen molar-refractivity contribution >= 4 is 23.2 Å². The van der Waals surface area contributed by atoms with Crippen molar-refractivity contribution < 1.29 is 9.53 Å². The van der Waals surface area contributed by atoms with Crippen molar-refractivity contribution in [2.45, 2.75) is 13.5 Å². The van der Waals surface area contributed by atoms with E-state index < -0.39 is 0 Å². The van der Waals surface area contributed by atoms with E-state index in [1.807, 2.05) is 48.5 Å². The van der Waals surface area contributed by atoms with Gasteiger partial charge in [-0.2, -0.15) is 0 Å². The van der Waals surface area contributed by atoms with E-state index in [0.717, 1.165) is 22.7 Å². The molecule has 6 heteroatoms. The van der Waals surface area contributed by atoms with Crippen LogP contribution in [0.15, 0.2) is 53.5 Å². The molecule has 0 saturated carbocycles. The molecule has 4 N–H and O–H groups in total. The fourth-order valence-corrected chi connectivity index (χ4v) is 2.02. The van der Waals surface area contributed by atoms with Gasteiger partial charge in [0, 0.05) is 24.4 Å². The molecular formula is C17H20N4O2. The Morgan fingerprint density at radius 1 is 1.13 bits per heavy atom. The number of nitrogens with two attached hydrogens (primary N) is 1. The third kappa shape index (κ3) is 5.35. The summed E-state index contributed by atoms with van der Waals surface area (Å²) in [5, 5.41) is 5.75. The van der Waals surface area contributed by atoms with Crippen molar-refractivity contribution in [2.24, 2.45) is 10.7 Å². The zero-order valence-corrected chi connectivity index (χ0v) is 13.2. The summed E-state index contributed by atoms with van der Waals surface area (Å²) in [5.41, 5.74) is 8.39. The van der Waals surface area contributed by atoms with Crippen LogP contribution in [0.1, 0.15) is 12.5 Å². The zero-order valence-electron chi connectivity index (χ0n) is 13.2. The highest BCUT2D eigenvalue weighted by molar-refractivity contribution is 5.92. The van der Waals surface area contributed by atoms with Crippen LogP contribution in [0, 0.1) is 0 Å². The van der Waals surface area contributed by atoms with Crippen LogP contribution < -0.4 is 21.1 Å². The summed E-state index contributed by atoms with van der Waals surface area (Å²) in [4.78, 5) is 15.4. The lowest BCUT2D eigenvalue weighted by molar-refractivity contribution is -0.114. The number of nitrogens with zero attached hydrogens (tertiary/aromatic N) is 1. The van der Waals surface area contributed by atoms with Gasteiger partial charge in [0.25, 0.3) is 0 Å². The number of carbonyl (C=O) groups excluding carboxylic acids is 1. The van der Waals surface area contributed by atoms with Crippen molar-refractivity contribution in [1.82, 2.24) is 0 Å². The molecule has 0 saturated heterocycles. The van der Waals surface area contributed by atoms with Crippen LogP contribution in [0.25, 0.3) is 0 Å². The molecule has 2 aromatic carbocycles. The van der Waals surface area contributed by atoms with Crippen molar-refractivity contribution in [1.29, 1.82) is 0 Å². The lowest BCUT2D eigenvalue weighted by Gasteiger charge is -2.08. The van der Waals surface area contributed by atoms with E-state index in [1.165, 1.54) is 6.92 Å². The first-order valence-electron chi connectivity index (χ1n) is 7.14. The number of hydrogen-bond donors (Lipinski definition) is 3. The average molecular weight is 312 g/mol. The highest BCUT2D eigenvalue weighted by Gasteiger charge is 2.00. The van der Waals surface area contributed by atoms with Crippen molar-refractivity contribution in [3.8, 4) is 5.75 Å². The van der Waals surface area contributed by atoms with Gasteiger partial charge in [-0.25, -0.2) is 4.99 Å². The van der Waals surface area contributed by atoms with E-state index in [2.05, 4.69) is 15.6 Å². The molecule has 23 heavy (non-hydrogen) atoms. The fraction of sp³-hybridized carbons (Fsp3) is 0.176. The average Bonchev–Trinajstić information content (AvgIpc) is 2.53. The van der Waals surface area contributed by atoms with Gasteiger partial charge in [0.15, 0.2) is 5.96 Å². The largest absolute Gasteiger partial charge is 0.497 e. The van der Waals surface area contributed by atoms with Gasteiger partial charge < -0.3 is 21.1 Å². The number of ether oxygens (including phenoxy) is 1. The normalized spacial score (nSPS) is 11.0. The van der Waals surface area contributed by atoms with Crippen LogP contribution >= 0.6 is 0 Å². The Morgan fingerprint density at radius 3 is 2.52 bits per heavy atom. The van der Waals surface area contributed by atoms with Crippen LogP contribution in [-0.2, 0) is 11.3 Å². The Kier molecular flexibility index (Phi) is 5.57. The van der Waals surface area contributed by atoms with Crippen LogP contribution in [0.3, 0.4) is 0 Å². The highest BCUT2D eigenvalue weighted by Crippen LogP contribution is 2.16. The quantitative estimate of drug-likeness (QED) is 0.585. The molecule has 0 unspecified atom stereocenters. The number of nitrogens with one attached hydrogen (secondary N) is 2. The van der Waals surface area contributed by atoms with Crippen LogP contribution in [0.2, 0.25) is 0 Å². The standard InChI is InChI=1S/C17H20N4O2/c1-12(22)20-14-6-3-5-13(9-14)11-19-17(18)21-15-7-4-8-16(10-15)23-2/h3-10H,11H2,1-2H3,(H,20,22)(H3,18,19,21). The minimum atomic E-state index is -0.107. The van der Waals surface area contributed by atoms with Gasteiger partial charge in [-0.05, 0) is 29.8 Å². The molecule has 2 rings (SSSR count). The smallest absolute Gasteiger partial charge is 0.221 e. The third-order valence-corrected chi connectivity index (χ3v) is 3.02. The molecule has 0 heterocycles. The first-order valence-corrected chi connectivity index (χ1v) is 7.14. The second-order valence-electron chi connectivity index (χ2n) is 4.94. The van der Waals surface area contributed by atoms with Gasteiger partial charge in [0.1, 0.15) is 5.75 Å². The summed E-state index contributed by atoms with van der Waals surface area (Å²) in [6.07, 6.45) is 0. The minimum absolute atomic E-state index is 0.107. The lowest BCUT2D eigenvalue weighted by atomic mass is 10.2. The second kappa shape index (κ2) is 7.84. The highest BCUT2D eigenvalue weighted by atomic mass is 16.5. The summed E-state index contributed by atoms with van der Waals surface area (Å²) < 4.78 is 5.16. The Bertz CT molecular complexity index is 713. The second-order valence-corrected chi connectivity index (χ2v) is 4.94. The fourth-order valence-electron chi connectivity index (χ4n) is 2.02. The topological polar surface area (TPSA) is 88.7 Å². The number of methoxy groups -OCH3 is 1. The molecule has 0 aliphatic carbocycles. The van der Waals surface area contributed by atoms with Crippen molar-refractivity contribution in [2.75, 3.05) is 17.7 Å². The molecule has 0 aromatic heterocycles. The molecule has 0 radical (unpaired) electrons. The molecular weight excluding hydrogens is 292 g/mol. The van der Waals surface area contributed by atoms with E-state index >= 15 is 0 Å². The molecule has 0 spiro atoms. The van der Waals surface area contributed by atoms with E-state index in [-0.39, 0.29) is 5.91 Å². The SMILES string of the molecule is COc1cccc(NC(N)=NCc2cccc(NC(C)=O)c2)c1. The molecule has 1 amide bonds. The number of rotatable bonds is 5. The number of hydrogen-bond acceptors (Lipinski definition) is 3. The molecule has 120 valence electrons. The maximum Gasteiger partial charge on any atom is 0.221 e. The summed E-state index contributed by atoms with van der Waals surface area (Å²) in [6, 6.07) is 14.9. The predicted octanol–water partition coefficient (Wildman–Crippen LogP) is 2.58. The number of aliphatic imine (C=N–C) groups is 1. The van der Waals surface area contributed by atoms with E-state index in [0.29, 0.717) is 12.5 Å². The van der Waals surface area contributed by atoms with Gasteiger partial charge in [-0.3, -0.25) is 4.79 Å². The Morgan fingerprint density at radius 2 is 1.83 bits per heavy atom. The maximum atomic E-state index is 11.1. The molecule has 0 aliphatic heterocycles. The zero-order chi connectivity index (χ0) is 16.7. The van der Waals surface area contributed by atoms with E-state index in [9.17, 15) is 4.79 Å². The first kappa shape index (κ1) is 16.4. The van der Waals surface area contributed by atoms with Gasteiger partial charge in [0.05, 0.1) is 13.7 Å². The molecule has 0 atom stereocenters. The van der Waals surface area contributed by atoms with Gasteiger partial charge in [0.2, 0.25) is 5.91 Å².